The summed E-state index contributed by atoms with van der Waals surface area (Å²) in [6.45, 7) is 7.90. The Balaban J connectivity index is 2.41. The molecule has 0 spiro atoms. The van der Waals surface area contributed by atoms with E-state index in [1.54, 1.807) is 0 Å². The van der Waals surface area contributed by atoms with E-state index in [0.29, 0.717) is 19.1 Å². The number of hydrogen-bond donors (Lipinski definition) is 0. The highest BCUT2D eigenvalue weighted by atomic mass is 16.5. The molecular formula is C12H23NO3. The summed E-state index contributed by atoms with van der Waals surface area (Å²) in [6, 6.07) is 0.327. The number of hydrogen-bond acceptors (Lipinski definition) is 4. The lowest BCUT2D eigenvalue weighted by Crippen LogP contribution is -2.44. The minimum Gasteiger partial charge on any atom is -0.466 e. The highest BCUT2D eigenvalue weighted by molar-refractivity contribution is 5.70. The number of nitrogens with zero attached hydrogens (tertiary/aromatic N) is 1. The van der Waals surface area contributed by atoms with E-state index >= 15 is 0 Å². The molecule has 1 unspecified atom stereocenters. The molecule has 1 atom stereocenters. The Morgan fingerprint density at radius 3 is 2.62 bits per heavy atom. The second kappa shape index (κ2) is 7.63. The number of esters is 1. The van der Waals surface area contributed by atoms with Crippen LogP contribution in [-0.4, -0.2) is 49.8 Å². The topological polar surface area (TPSA) is 38.8 Å². The second-order valence-corrected chi connectivity index (χ2v) is 4.10. The largest absolute Gasteiger partial charge is 0.466 e. The summed E-state index contributed by atoms with van der Waals surface area (Å²) in [5, 5.41) is 0. The number of ether oxygens (including phenoxy) is 2. The van der Waals surface area contributed by atoms with Gasteiger partial charge in [0.15, 0.2) is 0 Å². The summed E-state index contributed by atoms with van der Waals surface area (Å²) in [5.74, 6) is -0.0764. The van der Waals surface area contributed by atoms with Crippen LogP contribution < -0.4 is 0 Å². The van der Waals surface area contributed by atoms with Gasteiger partial charge < -0.3 is 9.47 Å². The Labute approximate surface area is 97.9 Å². The summed E-state index contributed by atoms with van der Waals surface area (Å²) in [7, 11) is 0. The molecular weight excluding hydrogens is 206 g/mol. The molecule has 16 heavy (non-hydrogen) atoms. The molecule has 0 N–H and O–H groups in total. The molecule has 1 saturated heterocycles. The van der Waals surface area contributed by atoms with Crippen molar-refractivity contribution in [3.05, 3.63) is 0 Å². The van der Waals surface area contributed by atoms with Crippen LogP contribution in [0.3, 0.4) is 0 Å². The van der Waals surface area contributed by atoms with Crippen LogP contribution in [0.2, 0.25) is 0 Å². The molecule has 0 aromatic heterocycles. The van der Waals surface area contributed by atoms with Crippen molar-refractivity contribution in [2.45, 2.75) is 39.2 Å². The first-order valence-electron chi connectivity index (χ1n) is 6.25. The normalized spacial score (nSPS) is 19.4. The Morgan fingerprint density at radius 2 is 2.06 bits per heavy atom. The summed E-state index contributed by atoms with van der Waals surface area (Å²) in [4.78, 5) is 13.8. The minimum atomic E-state index is -0.0764. The fraction of sp³-hybridized carbons (Fsp3) is 0.917. The van der Waals surface area contributed by atoms with E-state index in [9.17, 15) is 4.79 Å². The van der Waals surface area contributed by atoms with Gasteiger partial charge in [0, 0.05) is 19.1 Å². The van der Waals surface area contributed by atoms with Crippen LogP contribution in [0.5, 0.6) is 0 Å². The quantitative estimate of drug-likeness (QED) is 0.646. The fourth-order valence-corrected chi connectivity index (χ4v) is 2.10. The van der Waals surface area contributed by atoms with Crippen LogP contribution in [0.15, 0.2) is 0 Å². The SMILES string of the molecule is CCCC(CC(=O)OCC)N1CCOCC1. The molecule has 0 saturated carbocycles. The lowest BCUT2D eigenvalue weighted by molar-refractivity contribution is -0.145. The Bertz CT molecular complexity index is 202. The van der Waals surface area contributed by atoms with Gasteiger partial charge in [-0.25, -0.2) is 0 Å². The maximum atomic E-state index is 11.5. The molecule has 4 heteroatoms. The van der Waals surface area contributed by atoms with Gasteiger partial charge in [0.1, 0.15) is 0 Å². The predicted octanol–water partition coefficient (Wildman–Crippen LogP) is 1.44. The second-order valence-electron chi connectivity index (χ2n) is 4.10. The van der Waals surface area contributed by atoms with Crippen molar-refractivity contribution in [2.24, 2.45) is 0 Å². The molecule has 0 aliphatic carbocycles. The number of morpholine rings is 1. The Hall–Kier alpha value is -0.610. The summed E-state index contributed by atoms with van der Waals surface area (Å²) in [6.07, 6.45) is 2.67. The lowest BCUT2D eigenvalue weighted by atomic mass is 10.1. The van der Waals surface area contributed by atoms with Gasteiger partial charge in [0.25, 0.3) is 0 Å². The van der Waals surface area contributed by atoms with Crippen molar-refractivity contribution in [3.8, 4) is 0 Å². The van der Waals surface area contributed by atoms with Gasteiger partial charge in [-0.15, -0.1) is 0 Å². The third-order valence-electron chi connectivity index (χ3n) is 2.89. The maximum absolute atomic E-state index is 11.5. The molecule has 1 aliphatic heterocycles. The zero-order chi connectivity index (χ0) is 11.8. The number of carbonyl (C=O) groups is 1. The molecule has 1 rings (SSSR count). The summed E-state index contributed by atoms with van der Waals surface area (Å²) < 4.78 is 10.3. The van der Waals surface area contributed by atoms with E-state index in [1.807, 2.05) is 6.92 Å². The predicted molar refractivity (Wildman–Crippen MR) is 62.3 cm³/mol. The highest BCUT2D eigenvalue weighted by Crippen LogP contribution is 2.14. The van der Waals surface area contributed by atoms with Crippen LogP contribution in [0, 0.1) is 0 Å². The highest BCUT2D eigenvalue weighted by Gasteiger charge is 2.23. The van der Waals surface area contributed by atoms with Gasteiger partial charge >= 0.3 is 5.97 Å². The van der Waals surface area contributed by atoms with E-state index in [-0.39, 0.29) is 5.97 Å². The zero-order valence-corrected chi connectivity index (χ0v) is 10.4. The van der Waals surface area contributed by atoms with E-state index in [4.69, 9.17) is 9.47 Å². The van der Waals surface area contributed by atoms with E-state index < -0.39 is 0 Å². The van der Waals surface area contributed by atoms with Gasteiger partial charge in [-0.3, -0.25) is 9.69 Å². The van der Waals surface area contributed by atoms with Crippen molar-refractivity contribution in [2.75, 3.05) is 32.9 Å². The lowest BCUT2D eigenvalue weighted by Gasteiger charge is -2.33. The van der Waals surface area contributed by atoms with E-state index in [2.05, 4.69) is 11.8 Å². The average molecular weight is 229 g/mol. The van der Waals surface area contributed by atoms with Gasteiger partial charge in [0.2, 0.25) is 0 Å². The van der Waals surface area contributed by atoms with E-state index in [1.165, 1.54) is 0 Å². The first-order chi connectivity index (χ1) is 7.77. The van der Waals surface area contributed by atoms with Crippen LogP contribution >= 0.6 is 0 Å². The van der Waals surface area contributed by atoms with Gasteiger partial charge in [-0.05, 0) is 13.3 Å². The molecule has 94 valence electrons. The monoisotopic (exact) mass is 229 g/mol. The number of rotatable bonds is 6. The molecule has 4 nitrogen and oxygen atoms in total. The molecule has 0 aromatic carbocycles. The van der Waals surface area contributed by atoms with Crippen molar-refractivity contribution >= 4 is 5.97 Å². The van der Waals surface area contributed by atoms with Gasteiger partial charge in [0.05, 0.1) is 26.2 Å². The maximum Gasteiger partial charge on any atom is 0.307 e. The minimum absolute atomic E-state index is 0.0764. The van der Waals surface area contributed by atoms with Crippen LogP contribution in [-0.2, 0) is 14.3 Å². The van der Waals surface area contributed by atoms with Gasteiger partial charge in [-0.1, -0.05) is 13.3 Å². The van der Waals surface area contributed by atoms with Crippen molar-refractivity contribution < 1.29 is 14.3 Å². The first-order valence-corrected chi connectivity index (χ1v) is 6.25. The fourth-order valence-electron chi connectivity index (χ4n) is 2.10. The first kappa shape index (κ1) is 13.5. The molecule has 0 bridgehead atoms. The molecule has 1 heterocycles. The summed E-state index contributed by atoms with van der Waals surface area (Å²) >= 11 is 0. The van der Waals surface area contributed by atoms with E-state index in [0.717, 1.165) is 39.1 Å². The summed E-state index contributed by atoms with van der Waals surface area (Å²) in [5.41, 5.74) is 0. The standard InChI is InChI=1S/C12H23NO3/c1-3-5-11(10-12(14)16-4-2)13-6-8-15-9-7-13/h11H,3-10H2,1-2H3. The zero-order valence-electron chi connectivity index (χ0n) is 10.4. The Morgan fingerprint density at radius 1 is 1.38 bits per heavy atom. The smallest absolute Gasteiger partial charge is 0.307 e. The number of carbonyl (C=O) groups excluding carboxylic acids is 1. The van der Waals surface area contributed by atoms with Crippen molar-refractivity contribution in [3.63, 3.8) is 0 Å². The third-order valence-corrected chi connectivity index (χ3v) is 2.89. The van der Waals surface area contributed by atoms with Crippen molar-refractivity contribution in [1.29, 1.82) is 0 Å². The molecule has 1 fully saturated rings. The molecule has 0 aromatic rings. The van der Waals surface area contributed by atoms with Gasteiger partial charge in [-0.2, -0.15) is 0 Å². The molecule has 0 radical (unpaired) electrons. The van der Waals surface area contributed by atoms with Crippen LogP contribution in [0.1, 0.15) is 33.1 Å². The Kier molecular flexibility index (Phi) is 6.42. The van der Waals surface area contributed by atoms with Crippen molar-refractivity contribution in [1.82, 2.24) is 4.90 Å². The average Bonchev–Trinajstić information content (AvgIpc) is 2.30. The third kappa shape index (κ3) is 4.49. The van der Waals surface area contributed by atoms with Crippen LogP contribution in [0.4, 0.5) is 0 Å². The van der Waals surface area contributed by atoms with Crippen LogP contribution in [0.25, 0.3) is 0 Å². The molecule has 1 aliphatic rings. The molecule has 0 amide bonds.